The third-order valence-electron chi connectivity index (χ3n) is 2.57. The van der Waals surface area contributed by atoms with E-state index in [0.29, 0.717) is 12.3 Å². The van der Waals surface area contributed by atoms with Crippen LogP contribution in [0.4, 0.5) is 0 Å². The van der Waals surface area contributed by atoms with Gasteiger partial charge in [-0.25, -0.2) is 0 Å². The van der Waals surface area contributed by atoms with E-state index in [2.05, 4.69) is 5.32 Å². The number of nitrogens with one attached hydrogen (secondary N) is 1. The molecule has 0 aromatic rings. The first kappa shape index (κ1) is 12.8. The van der Waals surface area contributed by atoms with Crippen molar-refractivity contribution in [3.05, 3.63) is 0 Å². The Morgan fingerprint density at radius 2 is 2.27 bits per heavy atom. The molecule has 1 heterocycles. The highest BCUT2D eigenvalue weighted by Gasteiger charge is 2.18. The van der Waals surface area contributed by atoms with E-state index in [1.54, 1.807) is 0 Å². The summed E-state index contributed by atoms with van der Waals surface area (Å²) in [5, 5.41) is 2.91. The molecule has 1 atom stereocenters. The number of rotatable bonds is 7. The van der Waals surface area contributed by atoms with Crippen LogP contribution < -0.4 is 5.32 Å². The number of hydrogen-bond acceptors (Lipinski definition) is 2. The predicted octanol–water partition coefficient (Wildman–Crippen LogP) is 2.08. The van der Waals surface area contributed by atoms with Gasteiger partial charge in [0, 0.05) is 19.0 Å². The normalized spacial score (nSPS) is 20.5. The molecule has 0 aromatic heterocycles. The molecule has 1 amide bonds. The highest BCUT2D eigenvalue weighted by Crippen LogP contribution is 2.14. The maximum Gasteiger partial charge on any atom is 0.222 e. The van der Waals surface area contributed by atoms with E-state index >= 15 is 0 Å². The number of ether oxygens (including phenoxy) is 1. The molecule has 1 N–H and O–H groups in total. The summed E-state index contributed by atoms with van der Waals surface area (Å²) >= 11 is 5.55. The highest BCUT2D eigenvalue weighted by atomic mass is 35.5. The second kappa shape index (κ2) is 7.94. The molecule has 15 heavy (non-hydrogen) atoms. The van der Waals surface area contributed by atoms with Gasteiger partial charge < -0.3 is 10.1 Å². The number of hydrogen-bond donors (Lipinski definition) is 1. The molecule has 1 rings (SSSR count). The minimum atomic E-state index is 0.118. The topological polar surface area (TPSA) is 38.3 Å². The lowest BCUT2D eigenvalue weighted by atomic mass is 10.2. The lowest BCUT2D eigenvalue weighted by Gasteiger charge is -2.09. The molecule has 1 aliphatic rings. The number of alkyl halides is 1. The third kappa shape index (κ3) is 6.00. The summed E-state index contributed by atoms with van der Waals surface area (Å²) in [6.07, 6.45) is 5.94. The summed E-state index contributed by atoms with van der Waals surface area (Å²) in [5.41, 5.74) is 0. The fourth-order valence-electron chi connectivity index (χ4n) is 1.71. The molecule has 0 spiro atoms. The fourth-order valence-corrected chi connectivity index (χ4v) is 1.90. The average Bonchev–Trinajstić information content (AvgIpc) is 2.70. The molecule has 1 fully saturated rings. The summed E-state index contributed by atoms with van der Waals surface area (Å²) in [6.45, 7) is 1.58. The van der Waals surface area contributed by atoms with Crippen molar-refractivity contribution in [2.75, 3.05) is 19.0 Å². The molecular formula is C11H20ClNO2. The van der Waals surface area contributed by atoms with Crippen molar-refractivity contribution in [3.8, 4) is 0 Å². The van der Waals surface area contributed by atoms with E-state index in [1.165, 1.54) is 0 Å². The lowest BCUT2D eigenvalue weighted by molar-refractivity contribution is -0.123. The summed E-state index contributed by atoms with van der Waals surface area (Å²) in [5.74, 6) is 0.830. The Balaban J connectivity index is 1.93. The van der Waals surface area contributed by atoms with Crippen LogP contribution in [0.3, 0.4) is 0 Å². The van der Waals surface area contributed by atoms with Crippen LogP contribution in [0.2, 0.25) is 0 Å². The van der Waals surface area contributed by atoms with Crippen LogP contribution >= 0.6 is 11.6 Å². The second-order valence-corrected chi connectivity index (χ2v) is 4.32. The van der Waals surface area contributed by atoms with E-state index in [-0.39, 0.29) is 12.0 Å². The Kier molecular flexibility index (Phi) is 6.77. The maximum absolute atomic E-state index is 11.4. The predicted molar refractivity (Wildman–Crippen MR) is 61.2 cm³/mol. The van der Waals surface area contributed by atoms with E-state index < -0.39 is 0 Å². The standard InChI is InChI=1S/C11H20ClNO2/c12-6-2-1-3-7-13-11(14)9-10-5-4-8-15-10/h10H,1-9H2,(H,13,14). The fraction of sp³-hybridized carbons (Fsp3) is 0.909. The molecule has 0 aromatic carbocycles. The number of halogens is 1. The van der Waals surface area contributed by atoms with Gasteiger partial charge in [0.25, 0.3) is 0 Å². The van der Waals surface area contributed by atoms with Gasteiger partial charge in [0.15, 0.2) is 0 Å². The molecule has 0 bridgehead atoms. The first-order valence-corrected chi connectivity index (χ1v) is 6.30. The molecule has 1 unspecified atom stereocenters. The van der Waals surface area contributed by atoms with Gasteiger partial charge in [-0.05, 0) is 25.7 Å². The van der Waals surface area contributed by atoms with Gasteiger partial charge in [-0.2, -0.15) is 0 Å². The number of carbonyl (C=O) groups excluding carboxylic acids is 1. The molecule has 0 aliphatic carbocycles. The van der Waals surface area contributed by atoms with Gasteiger partial charge >= 0.3 is 0 Å². The Bertz CT molecular complexity index is 181. The van der Waals surface area contributed by atoms with Crippen molar-refractivity contribution < 1.29 is 9.53 Å². The largest absolute Gasteiger partial charge is 0.378 e. The molecule has 3 nitrogen and oxygen atoms in total. The SMILES string of the molecule is O=C(CC1CCCO1)NCCCCCCl. The summed E-state index contributed by atoms with van der Waals surface area (Å²) in [6, 6.07) is 0. The zero-order valence-electron chi connectivity index (χ0n) is 9.14. The van der Waals surface area contributed by atoms with E-state index in [9.17, 15) is 4.79 Å². The first-order valence-electron chi connectivity index (χ1n) is 5.77. The summed E-state index contributed by atoms with van der Waals surface area (Å²) in [4.78, 5) is 11.4. The minimum Gasteiger partial charge on any atom is -0.378 e. The third-order valence-corrected chi connectivity index (χ3v) is 2.84. The highest BCUT2D eigenvalue weighted by molar-refractivity contribution is 6.17. The number of unbranched alkanes of at least 4 members (excludes halogenated alkanes) is 2. The summed E-state index contributed by atoms with van der Waals surface area (Å²) in [7, 11) is 0. The van der Waals surface area contributed by atoms with Crippen LogP contribution in [0.5, 0.6) is 0 Å². The van der Waals surface area contributed by atoms with Gasteiger partial charge in [-0.15, -0.1) is 11.6 Å². The van der Waals surface area contributed by atoms with Crippen molar-refractivity contribution in [3.63, 3.8) is 0 Å². The van der Waals surface area contributed by atoms with E-state index in [0.717, 1.165) is 45.3 Å². The Hall–Kier alpha value is -0.280. The summed E-state index contributed by atoms with van der Waals surface area (Å²) < 4.78 is 5.39. The Morgan fingerprint density at radius 1 is 1.40 bits per heavy atom. The van der Waals surface area contributed by atoms with E-state index in [1.807, 2.05) is 0 Å². The first-order chi connectivity index (χ1) is 7.33. The number of amides is 1. The quantitative estimate of drug-likeness (QED) is 0.540. The number of carbonyl (C=O) groups is 1. The Morgan fingerprint density at radius 3 is 2.93 bits per heavy atom. The van der Waals surface area contributed by atoms with Crippen molar-refractivity contribution in [2.24, 2.45) is 0 Å². The molecule has 0 saturated carbocycles. The molecule has 0 radical (unpaired) electrons. The molecular weight excluding hydrogens is 214 g/mol. The Labute approximate surface area is 96.5 Å². The van der Waals surface area contributed by atoms with Crippen molar-refractivity contribution in [2.45, 2.75) is 44.6 Å². The van der Waals surface area contributed by atoms with Crippen molar-refractivity contribution in [1.29, 1.82) is 0 Å². The molecule has 1 aliphatic heterocycles. The van der Waals surface area contributed by atoms with Crippen LogP contribution in [-0.4, -0.2) is 31.0 Å². The lowest BCUT2D eigenvalue weighted by Crippen LogP contribution is -2.28. The van der Waals surface area contributed by atoms with Crippen LogP contribution in [-0.2, 0) is 9.53 Å². The van der Waals surface area contributed by atoms with Gasteiger partial charge in [0.2, 0.25) is 5.91 Å². The van der Waals surface area contributed by atoms with Gasteiger partial charge in [-0.3, -0.25) is 4.79 Å². The maximum atomic E-state index is 11.4. The van der Waals surface area contributed by atoms with Crippen LogP contribution in [0.15, 0.2) is 0 Å². The van der Waals surface area contributed by atoms with E-state index in [4.69, 9.17) is 16.3 Å². The van der Waals surface area contributed by atoms with Gasteiger partial charge in [-0.1, -0.05) is 6.42 Å². The monoisotopic (exact) mass is 233 g/mol. The molecule has 1 saturated heterocycles. The molecule has 4 heteroatoms. The zero-order valence-corrected chi connectivity index (χ0v) is 9.89. The zero-order chi connectivity index (χ0) is 10.9. The van der Waals surface area contributed by atoms with Crippen LogP contribution in [0.25, 0.3) is 0 Å². The van der Waals surface area contributed by atoms with Gasteiger partial charge in [0.05, 0.1) is 12.5 Å². The van der Waals surface area contributed by atoms with Crippen LogP contribution in [0.1, 0.15) is 38.5 Å². The smallest absolute Gasteiger partial charge is 0.222 e. The van der Waals surface area contributed by atoms with Crippen molar-refractivity contribution in [1.82, 2.24) is 5.32 Å². The molecule has 88 valence electrons. The average molecular weight is 234 g/mol. The van der Waals surface area contributed by atoms with Crippen LogP contribution in [0, 0.1) is 0 Å². The van der Waals surface area contributed by atoms with Crippen molar-refractivity contribution >= 4 is 17.5 Å². The second-order valence-electron chi connectivity index (χ2n) is 3.94. The van der Waals surface area contributed by atoms with Gasteiger partial charge in [0.1, 0.15) is 0 Å². The minimum absolute atomic E-state index is 0.118.